The smallest absolute Gasteiger partial charge is 0.323 e. The summed E-state index contributed by atoms with van der Waals surface area (Å²) in [6.07, 6.45) is 5.30. The van der Waals surface area contributed by atoms with Gasteiger partial charge in [-0.05, 0) is 67.9 Å². The number of rotatable bonds is 14. The number of fused-ring (bicyclic) bond motifs is 1. The first-order valence-corrected chi connectivity index (χ1v) is 13.8. The molecule has 0 bridgehead atoms. The molecule has 4 rings (SSSR count). The Balaban J connectivity index is 1.41. The van der Waals surface area contributed by atoms with E-state index in [0.717, 1.165) is 33.3 Å². The van der Waals surface area contributed by atoms with Gasteiger partial charge in [-0.15, -0.1) is 0 Å². The van der Waals surface area contributed by atoms with Crippen LogP contribution in [0.15, 0.2) is 48.5 Å². The zero-order valence-corrected chi connectivity index (χ0v) is 23.5. The van der Waals surface area contributed by atoms with E-state index in [9.17, 15) is 32.3 Å². The SMILES string of the molecule is Cc1c(CCCC(=O)O)c2cccc(/C=C/c3ccc(OCCCCc4c(F)c(F)cc(F)c4F)cc3)c2n1CC(=O)O. The maximum absolute atomic E-state index is 13.8. The number of aryl methyl sites for hydroxylation is 1. The molecule has 2 N–H and O–H groups in total. The molecule has 0 spiro atoms. The number of carboxylic acids is 2. The highest BCUT2D eigenvalue weighted by atomic mass is 19.2. The topological polar surface area (TPSA) is 88.8 Å². The van der Waals surface area contributed by atoms with Gasteiger partial charge in [-0.25, -0.2) is 17.6 Å². The normalized spacial score (nSPS) is 11.5. The number of carbonyl (C=O) groups is 2. The Morgan fingerprint density at radius 3 is 2.16 bits per heavy atom. The van der Waals surface area contributed by atoms with Gasteiger partial charge in [-0.3, -0.25) is 9.59 Å². The second kappa shape index (κ2) is 14.0. The van der Waals surface area contributed by atoms with Gasteiger partial charge < -0.3 is 19.5 Å². The van der Waals surface area contributed by atoms with Crippen LogP contribution < -0.4 is 4.74 Å². The number of carboxylic acid groups (broad SMARTS) is 2. The molecule has 0 saturated carbocycles. The van der Waals surface area contributed by atoms with Crippen molar-refractivity contribution in [3.05, 3.63) is 99.7 Å². The van der Waals surface area contributed by atoms with Crippen LogP contribution in [0.4, 0.5) is 17.6 Å². The van der Waals surface area contributed by atoms with E-state index in [1.807, 2.05) is 49.4 Å². The van der Waals surface area contributed by atoms with Gasteiger partial charge in [0.1, 0.15) is 12.3 Å². The second-order valence-electron chi connectivity index (χ2n) is 10.2. The molecule has 6 nitrogen and oxygen atoms in total. The first-order valence-electron chi connectivity index (χ1n) is 13.8. The molecular formula is C33H31F4NO5. The summed E-state index contributed by atoms with van der Waals surface area (Å²) in [5.41, 5.74) is 3.57. The van der Waals surface area contributed by atoms with Crippen LogP contribution in [0.25, 0.3) is 23.1 Å². The third-order valence-corrected chi connectivity index (χ3v) is 7.24. The summed E-state index contributed by atoms with van der Waals surface area (Å²) in [5.74, 6) is -6.86. The van der Waals surface area contributed by atoms with Gasteiger partial charge in [-0.2, -0.15) is 0 Å². The summed E-state index contributed by atoms with van der Waals surface area (Å²) in [5, 5.41) is 19.5. The molecule has 4 aromatic rings. The van der Waals surface area contributed by atoms with Crippen LogP contribution in [0, 0.1) is 30.2 Å². The zero-order valence-electron chi connectivity index (χ0n) is 23.5. The summed E-state index contributed by atoms with van der Waals surface area (Å²) in [7, 11) is 0. The van der Waals surface area contributed by atoms with E-state index in [-0.39, 0.29) is 38.5 Å². The molecule has 0 amide bonds. The summed E-state index contributed by atoms with van der Waals surface area (Å²) in [6.45, 7) is 1.87. The Labute approximate surface area is 245 Å². The molecule has 0 aliphatic heterocycles. The van der Waals surface area contributed by atoms with E-state index >= 15 is 0 Å². The third-order valence-electron chi connectivity index (χ3n) is 7.24. The van der Waals surface area contributed by atoms with E-state index in [1.54, 1.807) is 16.7 Å². The van der Waals surface area contributed by atoms with Crippen molar-refractivity contribution >= 4 is 35.0 Å². The molecule has 10 heteroatoms. The number of benzene rings is 3. The number of aliphatic carboxylic acids is 2. The number of para-hydroxylation sites is 1. The standard InChI is InChI=1S/C33H31F4NO5/c1-20-24(8-5-10-29(39)40)25-9-4-6-22(33(25)38(20)19-30(41)42)14-11-21-12-15-23(16-13-21)43-17-3-2-7-26-31(36)27(34)18-28(35)32(26)37/h4,6,9,11-16,18H,2-3,5,7-8,10,17,19H2,1H3,(H,39,40)(H,41,42)/b14-11+. The number of halogens is 4. The van der Waals surface area contributed by atoms with Crippen LogP contribution in [-0.2, 0) is 29.0 Å². The fourth-order valence-corrected chi connectivity index (χ4v) is 5.13. The van der Waals surface area contributed by atoms with Crippen LogP contribution in [-0.4, -0.2) is 33.3 Å². The molecule has 0 aliphatic carbocycles. The maximum Gasteiger partial charge on any atom is 0.323 e. The average Bonchev–Trinajstić information content (AvgIpc) is 3.23. The highest BCUT2D eigenvalue weighted by Gasteiger charge is 2.19. The Morgan fingerprint density at radius 1 is 0.837 bits per heavy atom. The lowest BCUT2D eigenvalue weighted by molar-refractivity contribution is -0.138. The summed E-state index contributed by atoms with van der Waals surface area (Å²) in [4.78, 5) is 22.6. The second-order valence-corrected chi connectivity index (χ2v) is 10.2. The number of unbranched alkanes of at least 4 members (excludes halogenated alkanes) is 1. The van der Waals surface area contributed by atoms with Gasteiger partial charge in [0.2, 0.25) is 0 Å². The summed E-state index contributed by atoms with van der Waals surface area (Å²) < 4.78 is 61.8. The summed E-state index contributed by atoms with van der Waals surface area (Å²) >= 11 is 0. The van der Waals surface area contributed by atoms with Gasteiger partial charge >= 0.3 is 11.9 Å². The maximum atomic E-state index is 13.8. The molecular weight excluding hydrogens is 566 g/mol. The number of hydrogen-bond donors (Lipinski definition) is 2. The van der Waals surface area contributed by atoms with E-state index in [0.29, 0.717) is 25.0 Å². The minimum atomic E-state index is -1.42. The fourth-order valence-electron chi connectivity index (χ4n) is 5.13. The monoisotopic (exact) mass is 597 g/mol. The number of aromatic nitrogens is 1. The highest BCUT2D eigenvalue weighted by Crippen LogP contribution is 2.31. The third kappa shape index (κ3) is 7.63. The van der Waals surface area contributed by atoms with Crippen LogP contribution in [0.5, 0.6) is 5.75 Å². The van der Waals surface area contributed by atoms with E-state index < -0.39 is 40.8 Å². The minimum absolute atomic E-state index is 0.0282. The molecule has 0 radical (unpaired) electrons. The largest absolute Gasteiger partial charge is 0.494 e. The molecule has 0 saturated heterocycles. The molecule has 1 aromatic heterocycles. The molecule has 226 valence electrons. The molecule has 0 atom stereocenters. The van der Waals surface area contributed by atoms with Gasteiger partial charge in [0, 0.05) is 29.1 Å². The first-order chi connectivity index (χ1) is 20.6. The summed E-state index contributed by atoms with van der Waals surface area (Å²) in [6, 6.07) is 13.1. The van der Waals surface area contributed by atoms with Crippen molar-refractivity contribution in [2.24, 2.45) is 0 Å². The highest BCUT2D eigenvalue weighted by molar-refractivity contribution is 5.95. The van der Waals surface area contributed by atoms with Crippen molar-refractivity contribution in [2.45, 2.75) is 52.0 Å². The Bertz CT molecular complexity index is 1630. The molecule has 0 fully saturated rings. The van der Waals surface area contributed by atoms with Gasteiger partial charge in [-0.1, -0.05) is 42.5 Å². The predicted octanol–water partition coefficient (Wildman–Crippen LogP) is 7.57. The number of ether oxygens (including phenoxy) is 1. The molecule has 1 heterocycles. The van der Waals surface area contributed by atoms with Crippen molar-refractivity contribution < 1.29 is 42.1 Å². The molecule has 0 aliphatic rings. The Hall–Kier alpha value is -4.60. The molecule has 43 heavy (non-hydrogen) atoms. The van der Waals surface area contributed by atoms with E-state index in [1.165, 1.54) is 0 Å². The lowest BCUT2D eigenvalue weighted by Crippen LogP contribution is -2.10. The molecule has 3 aromatic carbocycles. The number of nitrogens with zero attached hydrogens (tertiary/aromatic N) is 1. The minimum Gasteiger partial charge on any atom is -0.494 e. The molecule has 0 unspecified atom stereocenters. The lowest BCUT2D eigenvalue weighted by Gasteiger charge is -2.09. The van der Waals surface area contributed by atoms with Crippen molar-refractivity contribution in [3.8, 4) is 5.75 Å². The van der Waals surface area contributed by atoms with Crippen LogP contribution >= 0.6 is 0 Å². The van der Waals surface area contributed by atoms with Crippen molar-refractivity contribution in [3.63, 3.8) is 0 Å². The van der Waals surface area contributed by atoms with E-state index in [4.69, 9.17) is 9.84 Å². The lowest BCUT2D eigenvalue weighted by atomic mass is 10.0. The quantitative estimate of drug-likeness (QED) is 0.0678. The van der Waals surface area contributed by atoms with Crippen molar-refractivity contribution in [1.82, 2.24) is 4.57 Å². The van der Waals surface area contributed by atoms with E-state index in [2.05, 4.69) is 0 Å². The van der Waals surface area contributed by atoms with Gasteiger partial charge in [0.25, 0.3) is 0 Å². The average molecular weight is 598 g/mol. The van der Waals surface area contributed by atoms with Gasteiger partial charge in [0.05, 0.1) is 12.1 Å². The van der Waals surface area contributed by atoms with Crippen LogP contribution in [0.2, 0.25) is 0 Å². The first kappa shape index (κ1) is 31.3. The predicted molar refractivity (Wildman–Crippen MR) is 155 cm³/mol. The Morgan fingerprint density at radius 2 is 1.51 bits per heavy atom. The fraction of sp³-hybridized carbons (Fsp3) is 0.273. The van der Waals surface area contributed by atoms with Crippen molar-refractivity contribution in [1.29, 1.82) is 0 Å². The Kier molecular flexibility index (Phi) is 10.2. The van der Waals surface area contributed by atoms with Crippen molar-refractivity contribution in [2.75, 3.05) is 6.61 Å². The zero-order chi connectivity index (χ0) is 31.1. The van der Waals surface area contributed by atoms with Crippen LogP contribution in [0.1, 0.15) is 53.6 Å². The van der Waals surface area contributed by atoms with Gasteiger partial charge in [0.15, 0.2) is 23.3 Å². The number of hydrogen-bond acceptors (Lipinski definition) is 3. The van der Waals surface area contributed by atoms with Crippen LogP contribution in [0.3, 0.4) is 0 Å².